The predicted molar refractivity (Wildman–Crippen MR) is 129 cm³/mol. The average Bonchev–Trinajstić information content (AvgIpc) is 3.14. The second-order valence-electron chi connectivity index (χ2n) is 8.60. The molecule has 0 fully saturated rings. The molecule has 0 saturated heterocycles. The first kappa shape index (κ1) is 16.3. The minimum Gasteiger partial charge on any atom is -0.485 e. The summed E-state index contributed by atoms with van der Waals surface area (Å²) < 4.78 is 6.20. The van der Waals surface area contributed by atoms with E-state index in [1.54, 1.807) is 0 Å². The zero-order valence-electron chi connectivity index (χ0n) is 16.7. The van der Waals surface area contributed by atoms with Crippen LogP contribution in [-0.2, 0) is 0 Å². The summed E-state index contributed by atoms with van der Waals surface area (Å²) in [6.07, 6.45) is 6.98. The van der Waals surface area contributed by atoms with Crippen LogP contribution in [0.5, 0.6) is 5.75 Å². The summed E-state index contributed by atoms with van der Waals surface area (Å²) >= 11 is 0. The lowest BCUT2D eigenvalue weighted by atomic mass is 9.83. The van der Waals surface area contributed by atoms with Crippen LogP contribution in [0.25, 0.3) is 37.9 Å². The van der Waals surface area contributed by atoms with Crippen molar-refractivity contribution in [2.75, 3.05) is 0 Å². The van der Waals surface area contributed by atoms with Gasteiger partial charge in [-0.25, -0.2) is 0 Å². The number of hydrogen-bond acceptors (Lipinski definition) is 1. The highest BCUT2D eigenvalue weighted by atomic mass is 16.5. The molecule has 0 radical (unpaired) electrons. The lowest BCUT2D eigenvalue weighted by Gasteiger charge is -2.20. The highest BCUT2D eigenvalue weighted by Crippen LogP contribution is 2.45. The molecule has 0 aromatic heterocycles. The summed E-state index contributed by atoms with van der Waals surface area (Å²) in [6, 6.07) is 26.7. The quantitative estimate of drug-likeness (QED) is 0.281. The Morgan fingerprint density at radius 1 is 0.767 bits per heavy atom. The number of benzene rings is 5. The first-order chi connectivity index (χ1) is 14.8. The molecule has 7 rings (SSSR count). The molecule has 0 saturated carbocycles. The summed E-state index contributed by atoms with van der Waals surface area (Å²) in [5.41, 5.74) is 5.17. The Bertz CT molecular complexity index is 1530. The van der Waals surface area contributed by atoms with Crippen LogP contribution in [0.15, 0.2) is 91.0 Å². The largest absolute Gasteiger partial charge is 0.485 e. The van der Waals surface area contributed by atoms with E-state index >= 15 is 0 Å². The van der Waals surface area contributed by atoms with E-state index in [4.69, 9.17) is 4.74 Å². The maximum Gasteiger partial charge on any atom is 0.139 e. The van der Waals surface area contributed by atoms with Crippen molar-refractivity contribution in [3.63, 3.8) is 0 Å². The minimum atomic E-state index is 0.102. The smallest absolute Gasteiger partial charge is 0.139 e. The molecule has 140 valence electrons. The number of allylic oxidation sites excluding steroid dienone is 2. The zero-order valence-corrected chi connectivity index (χ0v) is 16.7. The van der Waals surface area contributed by atoms with Gasteiger partial charge in [-0.2, -0.15) is 0 Å². The Labute approximate surface area is 176 Å². The predicted octanol–water partition coefficient (Wildman–Crippen LogP) is 5.34. The Kier molecular flexibility index (Phi) is 3.13. The van der Waals surface area contributed by atoms with E-state index in [-0.39, 0.29) is 12.0 Å². The molecule has 0 bridgehead atoms. The SMILES string of the molecule is Bc1ccc2c(c1)C1C=C(c3ccc4ccc5cccc6ccc3c4c56)C=CC1O2. The molecule has 2 aliphatic rings. The number of rotatable bonds is 1. The van der Waals surface area contributed by atoms with E-state index in [1.165, 1.54) is 54.5 Å². The van der Waals surface area contributed by atoms with Gasteiger partial charge in [-0.05, 0) is 55.6 Å². The first-order valence-electron chi connectivity index (χ1n) is 10.6. The van der Waals surface area contributed by atoms with Gasteiger partial charge in [0.1, 0.15) is 19.7 Å². The highest BCUT2D eigenvalue weighted by Gasteiger charge is 2.33. The van der Waals surface area contributed by atoms with Crippen molar-refractivity contribution in [2.45, 2.75) is 12.0 Å². The molecule has 2 heteroatoms. The van der Waals surface area contributed by atoms with Gasteiger partial charge in [0.25, 0.3) is 0 Å². The van der Waals surface area contributed by atoms with Gasteiger partial charge in [0, 0.05) is 11.5 Å². The third-order valence-corrected chi connectivity index (χ3v) is 6.81. The van der Waals surface area contributed by atoms with E-state index in [0.717, 1.165) is 5.75 Å². The van der Waals surface area contributed by atoms with E-state index in [1.807, 2.05) is 0 Å². The maximum absolute atomic E-state index is 6.20. The van der Waals surface area contributed by atoms with Gasteiger partial charge in [-0.1, -0.05) is 84.3 Å². The molecule has 5 aromatic carbocycles. The Hall–Kier alpha value is -3.52. The number of ether oxygens (including phenoxy) is 1. The maximum atomic E-state index is 6.20. The summed E-state index contributed by atoms with van der Waals surface area (Å²) in [6.45, 7) is 0. The molecule has 30 heavy (non-hydrogen) atoms. The van der Waals surface area contributed by atoms with Gasteiger partial charge in [0.2, 0.25) is 0 Å². The zero-order chi connectivity index (χ0) is 19.8. The second kappa shape index (κ2) is 5.76. The van der Waals surface area contributed by atoms with Crippen LogP contribution in [-0.4, -0.2) is 14.0 Å². The molecule has 2 unspecified atom stereocenters. The number of hydrogen-bond donors (Lipinski definition) is 0. The Balaban J connectivity index is 1.47. The molecule has 0 N–H and O–H groups in total. The number of fused-ring (bicyclic) bond motifs is 3. The van der Waals surface area contributed by atoms with Crippen molar-refractivity contribution in [2.24, 2.45) is 0 Å². The van der Waals surface area contributed by atoms with Crippen molar-refractivity contribution in [1.82, 2.24) is 0 Å². The highest BCUT2D eigenvalue weighted by molar-refractivity contribution is 6.32. The molecule has 2 atom stereocenters. The van der Waals surface area contributed by atoms with Crippen molar-refractivity contribution >= 4 is 51.2 Å². The standard InChI is InChI=1S/C28H19BO/c29-20-9-13-26-24(15-20)23-14-19(8-12-25(23)30-26)21-10-6-18-5-4-16-2-1-3-17-7-11-22(21)28(18)27(16)17/h1-15,23,25H,29H2. The molecule has 0 amide bonds. The Morgan fingerprint density at radius 2 is 1.53 bits per heavy atom. The summed E-state index contributed by atoms with van der Waals surface area (Å²) in [4.78, 5) is 0. The van der Waals surface area contributed by atoms with Crippen molar-refractivity contribution in [3.05, 3.63) is 102 Å². The minimum absolute atomic E-state index is 0.102. The normalized spacial score (nSPS) is 19.8. The van der Waals surface area contributed by atoms with Crippen molar-refractivity contribution in [1.29, 1.82) is 0 Å². The second-order valence-corrected chi connectivity index (χ2v) is 8.60. The van der Waals surface area contributed by atoms with E-state index in [2.05, 4.69) is 98.9 Å². The van der Waals surface area contributed by atoms with Gasteiger partial charge < -0.3 is 4.74 Å². The molecule has 1 aliphatic carbocycles. The van der Waals surface area contributed by atoms with Crippen LogP contribution >= 0.6 is 0 Å². The van der Waals surface area contributed by atoms with E-state index < -0.39 is 0 Å². The van der Waals surface area contributed by atoms with Gasteiger partial charge in [-0.15, -0.1) is 0 Å². The lowest BCUT2D eigenvalue weighted by molar-refractivity contribution is 0.269. The topological polar surface area (TPSA) is 9.23 Å². The molecule has 1 heterocycles. The summed E-state index contributed by atoms with van der Waals surface area (Å²) in [5, 5.41) is 8.00. The van der Waals surface area contributed by atoms with Gasteiger partial charge >= 0.3 is 0 Å². The van der Waals surface area contributed by atoms with Crippen LogP contribution in [0.4, 0.5) is 0 Å². The van der Waals surface area contributed by atoms with Crippen LogP contribution in [0.3, 0.4) is 0 Å². The average molecular weight is 382 g/mol. The van der Waals surface area contributed by atoms with Gasteiger partial charge in [0.05, 0.1) is 0 Å². The van der Waals surface area contributed by atoms with Crippen LogP contribution < -0.4 is 10.2 Å². The fourth-order valence-corrected chi connectivity index (χ4v) is 5.39. The monoisotopic (exact) mass is 382 g/mol. The lowest BCUT2D eigenvalue weighted by Crippen LogP contribution is -2.17. The third kappa shape index (κ3) is 2.14. The molecule has 1 aliphatic heterocycles. The molecule has 1 nitrogen and oxygen atoms in total. The van der Waals surface area contributed by atoms with Crippen molar-refractivity contribution in [3.8, 4) is 5.75 Å². The van der Waals surface area contributed by atoms with Crippen LogP contribution in [0.2, 0.25) is 0 Å². The van der Waals surface area contributed by atoms with Crippen LogP contribution in [0.1, 0.15) is 17.0 Å². The molecular weight excluding hydrogens is 363 g/mol. The summed E-state index contributed by atoms with van der Waals surface area (Å²) in [5.74, 6) is 1.30. The molecular formula is C28H19BO. The van der Waals surface area contributed by atoms with Crippen molar-refractivity contribution < 1.29 is 4.74 Å². The molecule has 5 aromatic rings. The third-order valence-electron chi connectivity index (χ3n) is 6.81. The fourth-order valence-electron chi connectivity index (χ4n) is 5.39. The fraction of sp³-hybridized carbons (Fsp3) is 0.0714. The molecule has 0 spiro atoms. The van der Waals surface area contributed by atoms with E-state index in [9.17, 15) is 0 Å². The van der Waals surface area contributed by atoms with Gasteiger partial charge in [0.15, 0.2) is 0 Å². The summed E-state index contributed by atoms with van der Waals surface area (Å²) in [7, 11) is 2.15. The first-order valence-corrected chi connectivity index (χ1v) is 10.6. The van der Waals surface area contributed by atoms with Gasteiger partial charge in [-0.3, -0.25) is 0 Å². The van der Waals surface area contributed by atoms with Crippen LogP contribution in [0, 0.1) is 0 Å². The van der Waals surface area contributed by atoms with E-state index in [0.29, 0.717) is 0 Å². The Morgan fingerprint density at radius 3 is 2.40 bits per heavy atom.